The number of rotatable bonds is 53. The molecule has 65 heavy (non-hydrogen) atoms. The number of unbranched alkanes of at least 4 members (excludes halogenated alkanes) is 38. The number of carbonyl (C=O) groups excluding carboxylic acids is 3. The first-order valence-electron chi connectivity index (χ1n) is 29.2. The first kappa shape index (κ1) is 63.4. The van der Waals surface area contributed by atoms with Gasteiger partial charge in [-0.25, -0.2) is 0 Å². The summed E-state index contributed by atoms with van der Waals surface area (Å²) in [5.74, 6) is 0.837. The van der Waals surface area contributed by atoms with Gasteiger partial charge in [-0.15, -0.1) is 0 Å². The molecule has 386 valence electrons. The van der Waals surface area contributed by atoms with Crippen LogP contribution in [0.4, 0.5) is 0 Å². The van der Waals surface area contributed by atoms with Crippen LogP contribution in [0.25, 0.3) is 0 Å². The van der Waals surface area contributed by atoms with E-state index in [1.165, 1.54) is 218 Å². The Hall–Kier alpha value is -1.59. The third-order valence-corrected chi connectivity index (χ3v) is 13.5. The molecule has 0 saturated carbocycles. The number of carbonyl (C=O) groups is 3. The van der Waals surface area contributed by atoms with E-state index in [9.17, 15) is 14.4 Å². The van der Waals surface area contributed by atoms with Crippen LogP contribution in [0.2, 0.25) is 0 Å². The molecule has 0 bridgehead atoms. The maximum Gasteiger partial charge on any atom is 0.306 e. The van der Waals surface area contributed by atoms with E-state index in [1.807, 2.05) is 0 Å². The first-order chi connectivity index (χ1) is 31.7. The van der Waals surface area contributed by atoms with Gasteiger partial charge in [0.1, 0.15) is 13.2 Å². The standard InChI is InChI=1S/C59H114O6/c1-6-7-8-9-10-11-12-19-23-29-34-39-44-49-57(60)63-52-56(53-64-58(61)50-45-40-35-30-26-25-28-33-38-43-48-55(4)5)65-59(62)51-46-41-36-31-24-21-18-16-14-13-15-17-20-22-27-32-37-42-47-54(2)3/h54-56H,6-53H2,1-5H3/t56-/m0/s1. The zero-order valence-electron chi connectivity index (χ0n) is 44.6. The van der Waals surface area contributed by atoms with Crippen LogP contribution in [-0.4, -0.2) is 37.2 Å². The monoisotopic (exact) mass is 919 g/mol. The number of ether oxygens (including phenoxy) is 3. The van der Waals surface area contributed by atoms with Crippen molar-refractivity contribution in [1.29, 1.82) is 0 Å². The lowest BCUT2D eigenvalue weighted by Crippen LogP contribution is -2.30. The lowest BCUT2D eigenvalue weighted by molar-refractivity contribution is -0.167. The van der Waals surface area contributed by atoms with Crippen LogP contribution in [0.15, 0.2) is 0 Å². The Bertz CT molecular complexity index is 993. The predicted octanol–water partition coefficient (Wildman–Crippen LogP) is 19.3. The van der Waals surface area contributed by atoms with Crippen LogP contribution in [0.3, 0.4) is 0 Å². The summed E-state index contributed by atoms with van der Waals surface area (Å²) in [4.78, 5) is 38.1. The zero-order valence-corrected chi connectivity index (χ0v) is 44.6. The molecule has 0 N–H and O–H groups in total. The molecule has 0 aliphatic heterocycles. The Morgan fingerprint density at radius 3 is 0.754 bits per heavy atom. The van der Waals surface area contributed by atoms with Crippen molar-refractivity contribution in [2.24, 2.45) is 11.8 Å². The van der Waals surface area contributed by atoms with Gasteiger partial charge in [-0.3, -0.25) is 14.4 Å². The molecule has 0 amide bonds. The molecule has 0 radical (unpaired) electrons. The number of esters is 3. The second-order valence-electron chi connectivity index (χ2n) is 21.2. The van der Waals surface area contributed by atoms with Gasteiger partial charge < -0.3 is 14.2 Å². The Balaban J connectivity index is 4.25. The van der Waals surface area contributed by atoms with Gasteiger partial charge in [-0.2, -0.15) is 0 Å². The fourth-order valence-electron chi connectivity index (χ4n) is 9.05. The lowest BCUT2D eigenvalue weighted by Gasteiger charge is -2.18. The molecule has 6 nitrogen and oxygen atoms in total. The van der Waals surface area contributed by atoms with E-state index in [2.05, 4.69) is 34.6 Å². The summed E-state index contributed by atoms with van der Waals surface area (Å²) < 4.78 is 16.9. The highest BCUT2D eigenvalue weighted by atomic mass is 16.6. The molecule has 6 heteroatoms. The molecule has 0 aliphatic rings. The van der Waals surface area contributed by atoms with Crippen molar-refractivity contribution < 1.29 is 28.6 Å². The maximum atomic E-state index is 12.9. The summed E-state index contributed by atoms with van der Waals surface area (Å²) in [5, 5.41) is 0. The van der Waals surface area contributed by atoms with Crippen molar-refractivity contribution in [3.05, 3.63) is 0 Å². The quantitative estimate of drug-likeness (QED) is 0.0344. The first-order valence-corrected chi connectivity index (χ1v) is 29.2. The molecule has 0 aromatic heterocycles. The minimum Gasteiger partial charge on any atom is -0.462 e. The second-order valence-corrected chi connectivity index (χ2v) is 21.2. The van der Waals surface area contributed by atoms with E-state index in [0.29, 0.717) is 19.3 Å². The normalized spacial score (nSPS) is 12.0. The summed E-state index contributed by atoms with van der Waals surface area (Å²) >= 11 is 0. The van der Waals surface area contributed by atoms with Crippen LogP contribution < -0.4 is 0 Å². The molecule has 0 heterocycles. The van der Waals surface area contributed by atoms with Crippen LogP contribution in [-0.2, 0) is 28.6 Å². The van der Waals surface area contributed by atoms with Gasteiger partial charge in [-0.1, -0.05) is 291 Å². The minimum atomic E-state index is -0.762. The molecular weight excluding hydrogens is 805 g/mol. The summed E-state index contributed by atoms with van der Waals surface area (Å²) in [6, 6.07) is 0. The van der Waals surface area contributed by atoms with E-state index < -0.39 is 6.10 Å². The molecule has 0 unspecified atom stereocenters. The van der Waals surface area contributed by atoms with Crippen molar-refractivity contribution in [3.63, 3.8) is 0 Å². The third kappa shape index (κ3) is 53.2. The summed E-state index contributed by atoms with van der Waals surface area (Å²) in [7, 11) is 0. The van der Waals surface area contributed by atoms with Gasteiger partial charge in [-0.05, 0) is 31.1 Å². The molecule has 0 rings (SSSR count). The van der Waals surface area contributed by atoms with Crippen LogP contribution in [0, 0.1) is 11.8 Å². The highest BCUT2D eigenvalue weighted by Crippen LogP contribution is 2.18. The van der Waals surface area contributed by atoms with Crippen LogP contribution in [0.1, 0.15) is 330 Å². The van der Waals surface area contributed by atoms with Crippen molar-refractivity contribution >= 4 is 17.9 Å². The maximum absolute atomic E-state index is 12.9. The summed E-state index contributed by atoms with van der Waals surface area (Å²) in [6.45, 7) is 11.4. The Morgan fingerprint density at radius 2 is 0.508 bits per heavy atom. The summed E-state index contributed by atoms with van der Waals surface area (Å²) in [6.07, 6.45) is 55.3. The van der Waals surface area contributed by atoms with Crippen molar-refractivity contribution in [2.75, 3.05) is 13.2 Å². The van der Waals surface area contributed by atoms with E-state index in [4.69, 9.17) is 14.2 Å². The fraction of sp³-hybridized carbons (Fsp3) is 0.949. The molecule has 0 aromatic carbocycles. The third-order valence-electron chi connectivity index (χ3n) is 13.5. The SMILES string of the molecule is CCCCCCCCCCCCCCCC(=O)OC[C@@H](COC(=O)CCCCCCCCCCCCC(C)C)OC(=O)CCCCCCCCCCCCCCCCCCCCC(C)C. The average molecular weight is 920 g/mol. The largest absolute Gasteiger partial charge is 0.462 e. The highest BCUT2D eigenvalue weighted by molar-refractivity contribution is 5.71. The molecule has 0 spiro atoms. The van der Waals surface area contributed by atoms with E-state index in [1.54, 1.807) is 0 Å². The minimum absolute atomic E-state index is 0.0627. The Kier molecular flexibility index (Phi) is 50.5. The van der Waals surface area contributed by atoms with E-state index >= 15 is 0 Å². The molecule has 0 fully saturated rings. The van der Waals surface area contributed by atoms with Gasteiger partial charge in [0.15, 0.2) is 6.10 Å². The lowest BCUT2D eigenvalue weighted by atomic mass is 10.0. The van der Waals surface area contributed by atoms with Gasteiger partial charge in [0, 0.05) is 19.3 Å². The summed E-state index contributed by atoms with van der Waals surface area (Å²) in [5.41, 5.74) is 0. The van der Waals surface area contributed by atoms with Gasteiger partial charge in [0.25, 0.3) is 0 Å². The molecule has 1 atom stereocenters. The van der Waals surface area contributed by atoms with Crippen molar-refractivity contribution in [1.82, 2.24) is 0 Å². The average Bonchev–Trinajstić information content (AvgIpc) is 3.28. The smallest absolute Gasteiger partial charge is 0.306 e. The van der Waals surface area contributed by atoms with Crippen molar-refractivity contribution in [2.45, 2.75) is 336 Å². The molecule has 0 aliphatic carbocycles. The predicted molar refractivity (Wildman–Crippen MR) is 280 cm³/mol. The van der Waals surface area contributed by atoms with Crippen LogP contribution in [0.5, 0.6) is 0 Å². The van der Waals surface area contributed by atoms with Gasteiger partial charge in [0.05, 0.1) is 0 Å². The second kappa shape index (κ2) is 51.8. The number of hydrogen-bond donors (Lipinski definition) is 0. The Labute approximate surface area is 406 Å². The number of hydrogen-bond acceptors (Lipinski definition) is 6. The Morgan fingerprint density at radius 1 is 0.292 bits per heavy atom. The van der Waals surface area contributed by atoms with Crippen molar-refractivity contribution in [3.8, 4) is 0 Å². The topological polar surface area (TPSA) is 78.9 Å². The fourth-order valence-corrected chi connectivity index (χ4v) is 9.05. The van der Waals surface area contributed by atoms with E-state index in [0.717, 1.165) is 69.6 Å². The molecule has 0 saturated heterocycles. The molecular formula is C59H114O6. The van der Waals surface area contributed by atoms with Gasteiger partial charge in [0.2, 0.25) is 0 Å². The molecule has 0 aromatic rings. The zero-order chi connectivity index (χ0) is 47.5. The van der Waals surface area contributed by atoms with Gasteiger partial charge >= 0.3 is 17.9 Å². The van der Waals surface area contributed by atoms with Crippen LogP contribution >= 0.6 is 0 Å². The van der Waals surface area contributed by atoms with E-state index in [-0.39, 0.29) is 31.1 Å². The highest BCUT2D eigenvalue weighted by Gasteiger charge is 2.19.